The molecule has 0 bridgehead atoms. The third-order valence-electron chi connectivity index (χ3n) is 4.04. The maximum Gasteiger partial charge on any atom is 0.276 e. The van der Waals surface area contributed by atoms with Crippen LogP contribution in [0.25, 0.3) is 0 Å². The summed E-state index contributed by atoms with van der Waals surface area (Å²) in [5.74, 6) is 0.861. The van der Waals surface area contributed by atoms with Crippen molar-refractivity contribution in [2.45, 2.75) is 13.8 Å². The highest BCUT2D eigenvalue weighted by atomic mass is 35.5. The van der Waals surface area contributed by atoms with E-state index < -0.39 is 0 Å². The molecule has 0 aliphatic heterocycles. The minimum absolute atomic E-state index is 0.201. The smallest absolute Gasteiger partial charge is 0.276 e. The first-order valence-electron chi connectivity index (χ1n) is 8.16. The van der Waals surface area contributed by atoms with E-state index in [0.717, 1.165) is 16.9 Å². The second-order valence-electron chi connectivity index (χ2n) is 5.92. The van der Waals surface area contributed by atoms with Gasteiger partial charge in [0.1, 0.15) is 17.3 Å². The van der Waals surface area contributed by atoms with Gasteiger partial charge in [-0.05, 0) is 43.7 Å². The summed E-state index contributed by atoms with van der Waals surface area (Å²) in [5.41, 5.74) is 2.88. The quantitative estimate of drug-likeness (QED) is 0.722. The Labute approximate surface area is 157 Å². The van der Waals surface area contributed by atoms with Crippen LogP contribution < -0.4 is 10.2 Å². The van der Waals surface area contributed by atoms with Gasteiger partial charge in [-0.15, -0.1) is 0 Å². The molecule has 1 heterocycles. The van der Waals surface area contributed by atoms with E-state index in [-0.39, 0.29) is 5.91 Å². The first-order valence-corrected chi connectivity index (χ1v) is 8.54. The Morgan fingerprint density at radius 2 is 1.77 bits per heavy atom. The average Bonchev–Trinajstić information content (AvgIpc) is 2.64. The van der Waals surface area contributed by atoms with Crippen molar-refractivity contribution in [3.05, 3.63) is 76.7 Å². The lowest BCUT2D eigenvalue weighted by molar-refractivity contribution is 0.0988. The summed E-state index contributed by atoms with van der Waals surface area (Å²) in [4.78, 5) is 23.0. The van der Waals surface area contributed by atoms with Crippen molar-refractivity contribution in [1.29, 1.82) is 0 Å². The second kappa shape index (κ2) is 7.54. The molecule has 132 valence electrons. The van der Waals surface area contributed by atoms with Crippen molar-refractivity contribution in [3.8, 4) is 0 Å². The number of halogens is 1. The van der Waals surface area contributed by atoms with E-state index in [4.69, 9.17) is 11.6 Å². The van der Waals surface area contributed by atoms with E-state index in [0.29, 0.717) is 22.4 Å². The predicted molar refractivity (Wildman–Crippen MR) is 105 cm³/mol. The number of para-hydroxylation sites is 1. The van der Waals surface area contributed by atoms with E-state index >= 15 is 0 Å². The van der Waals surface area contributed by atoms with Gasteiger partial charge in [-0.2, -0.15) is 0 Å². The van der Waals surface area contributed by atoms with Crippen molar-refractivity contribution in [1.82, 2.24) is 9.97 Å². The van der Waals surface area contributed by atoms with Crippen LogP contribution in [-0.2, 0) is 0 Å². The third kappa shape index (κ3) is 3.83. The molecule has 26 heavy (non-hydrogen) atoms. The predicted octanol–water partition coefficient (Wildman–Crippen LogP) is 4.77. The molecule has 2 aromatic carbocycles. The third-order valence-corrected chi connectivity index (χ3v) is 4.45. The molecular weight excluding hydrogens is 348 g/mol. The van der Waals surface area contributed by atoms with Crippen LogP contribution >= 0.6 is 11.6 Å². The number of carbonyl (C=O) groups excluding carboxylic acids is 1. The molecule has 0 fully saturated rings. The number of benzene rings is 2. The van der Waals surface area contributed by atoms with E-state index in [1.54, 1.807) is 24.9 Å². The van der Waals surface area contributed by atoms with Crippen molar-refractivity contribution in [3.63, 3.8) is 0 Å². The van der Waals surface area contributed by atoms with E-state index in [1.807, 2.05) is 55.5 Å². The molecule has 0 aliphatic carbocycles. The lowest BCUT2D eigenvalue weighted by atomic mass is 10.2. The van der Waals surface area contributed by atoms with Crippen molar-refractivity contribution < 1.29 is 4.79 Å². The molecule has 1 N–H and O–H groups in total. The fourth-order valence-electron chi connectivity index (χ4n) is 2.56. The second-order valence-corrected chi connectivity index (χ2v) is 6.33. The standard InChI is InChI=1S/C20H19ClN4O/c1-13-16(21)10-7-11-17(13)24-19-12-18(22-14(2)23-19)20(26)25(3)15-8-5-4-6-9-15/h4-12H,1-3H3,(H,22,23,24). The van der Waals surface area contributed by atoms with Crippen LogP contribution in [0.15, 0.2) is 54.6 Å². The number of amides is 1. The van der Waals surface area contributed by atoms with Crippen molar-refractivity contribution >= 4 is 34.7 Å². The highest BCUT2D eigenvalue weighted by Gasteiger charge is 2.17. The Morgan fingerprint density at radius 1 is 1.04 bits per heavy atom. The Kier molecular flexibility index (Phi) is 5.19. The van der Waals surface area contributed by atoms with Crippen LogP contribution in [0.1, 0.15) is 21.9 Å². The first kappa shape index (κ1) is 17.9. The molecule has 0 saturated heterocycles. The number of nitrogens with one attached hydrogen (secondary N) is 1. The topological polar surface area (TPSA) is 58.1 Å². The SMILES string of the molecule is Cc1nc(Nc2cccc(Cl)c2C)cc(C(=O)N(C)c2ccccc2)n1. The number of nitrogens with zero attached hydrogens (tertiary/aromatic N) is 3. The van der Waals surface area contributed by atoms with Gasteiger partial charge in [0.05, 0.1) is 0 Å². The van der Waals surface area contributed by atoms with Crippen LogP contribution in [-0.4, -0.2) is 22.9 Å². The Bertz CT molecular complexity index is 944. The molecule has 5 nitrogen and oxygen atoms in total. The molecule has 0 saturated carbocycles. The van der Waals surface area contributed by atoms with E-state index in [9.17, 15) is 4.79 Å². The molecule has 0 spiro atoms. The summed E-state index contributed by atoms with van der Waals surface area (Å²) in [7, 11) is 1.73. The summed E-state index contributed by atoms with van der Waals surface area (Å²) in [6.07, 6.45) is 0. The minimum atomic E-state index is -0.201. The molecule has 3 rings (SSSR count). The Morgan fingerprint density at radius 3 is 2.50 bits per heavy atom. The van der Waals surface area contributed by atoms with Gasteiger partial charge in [0, 0.05) is 29.5 Å². The van der Waals surface area contributed by atoms with Crippen molar-refractivity contribution in [2.75, 3.05) is 17.3 Å². The minimum Gasteiger partial charge on any atom is -0.340 e. The van der Waals surface area contributed by atoms with Crippen molar-refractivity contribution in [2.24, 2.45) is 0 Å². The van der Waals surface area contributed by atoms with Gasteiger partial charge in [0.15, 0.2) is 0 Å². The monoisotopic (exact) mass is 366 g/mol. The molecule has 0 radical (unpaired) electrons. The molecule has 0 aliphatic rings. The van der Waals surface area contributed by atoms with E-state index in [1.165, 1.54) is 0 Å². The van der Waals surface area contributed by atoms with E-state index in [2.05, 4.69) is 15.3 Å². The van der Waals surface area contributed by atoms with Gasteiger partial charge >= 0.3 is 0 Å². The van der Waals surface area contributed by atoms with Crippen LogP contribution in [0.3, 0.4) is 0 Å². The van der Waals surface area contributed by atoms with Crippen LogP contribution in [0.2, 0.25) is 5.02 Å². The number of rotatable bonds is 4. The largest absolute Gasteiger partial charge is 0.340 e. The van der Waals surface area contributed by atoms with Gasteiger partial charge in [-0.25, -0.2) is 9.97 Å². The number of hydrogen-bond donors (Lipinski definition) is 1. The van der Waals surface area contributed by atoms with Gasteiger partial charge in [-0.3, -0.25) is 4.79 Å². The number of aryl methyl sites for hydroxylation is 1. The zero-order valence-corrected chi connectivity index (χ0v) is 15.6. The summed E-state index contributed by atoms with van der Waals surface area (Å²) >= 11 is 6.17. The van der Waals surface area contributed by atoms with Crippen LogP contribution in [0.5, 0.6) is 0 Å². The molecule has 0 unspecified atom stereocenters. The summed E-state index contributed by atoms with van der Waals surface area (Å²) in [6, 6.07) is 16.7. The van der Waals surface area contributed by atoms with Gasteiger partial charge in [-0.1, -0.05) is 35.9 Å². The normalized spacial score (nSPS) is 10.5. The molecule has 1 aromatic heterocycles. The average molecular weight is 367 g/mol. The van der Waals surface area contributed by atoms with Gasteiger partial charge < -0.3 is 10.2 Å². The number of aromatic nitrogens is 2. The fourth-order valence-corrected chi connectivity index (χ4v) is 2.74. The fraction of sp³-hybridized carbons (Fsp3) is 0.150. The highest BCUT2D eigenvalue weighted by Crippen LogP contribution is 2.26. The van der Waals surface area contributed by atoms with Crippen LogP contribution in [0, 0.1) is 13.8 Å². The lowest BCUT2D eigenvalue weighted by Gasteiger charge is -2.17. The first-order chi connectivity index (χ1) is 12.5. The lowest BCUT2D eigenvalue weighted by Crippen LogP contribution is -2.27. The number of anilines is 3. The maximum atomic E-state index is 12.8. The zero-order chi connectivity index (χ0) is 18.7. The van der Waals surface area contributed by atoms with Gasteiger partial charge in [0.2, 0.25) is 0 Å². The molecule has 1 amide bonds. The zero-order valence-electron chi connectivity index (χ0n) is 14.8. The van der Waals surface area contributed by atoms with Crippen LogP contribution in [0.4, 0.5) is 17.2 Å². The number of carbonyl (C=O) groups is 1. The summed E-state index contributed by atoms with van der Waals surface area (Å²) in [6.45, 7) is 3.68. The molecule has 6 heteroatoms. The number of hydrogen-bond acceptors (Lipinski definition) is 4. The Balaban J connectivity index is 1.90. The van der Waals surface area contributed by atoms with Gasteiger partial charge in [0.25, 0.3) is 5.91 Å². The Hall–Kier alpha value is -2.92. The molecular formula is C20H19ClN4O. The summed E-state index contributed by atoms with van der Waals surface area (Å²) in [5, 5.41) is 3.89. The summed E-state index contributed by atoms with van der Waals surface area (Å²) < 4.78 is 0. The maximum absolute atomic E-state index is 12.8. The highest BCUT2D eigenvalue weighted by molar-refractivity contribution is 6.31. The molecule has 0 atom stereocenters. The molecule has 3 aromatic rings.